The molecule has 0 saturated carbocycles. The Kier molecular flexibility index (Phi) is 3.41. The number of carbonyl (C=O) groups excluding carboxylic acids is 1. The molecule has 0 heterocycles. The van der Waals surface area contributed by atoms with Crippen molar-refractivity contribution in [3.63, 3.8) is 0 Å². The second-order valence-electron chi connectivity index (χ2n) is 1.95. The molecule has 0 aromatic carbocycles. The summed E-state index contributed by atoms with van der Waals surface area (Å²) >= 11 is 0. The van der Waals surface area contributed by atoms with E-state index in [0.29, 0.717) is 0 Å². The maximum Gasteiger partial charge on any atom is 0.390 e. The monoisotopic (exact) mass is 176 g/mol. The summed E-state index contributed by atoms with van der Waals surface area (Å²) in [5, 5.41) is 0. The van der Waals surface area contributed by atoms with Crippen molar-refractivity contribution >= 4 is 6.29 Å². The maximum absolute atomic E-state index is 11.5. The van der Waals surface area contributed by atoms with Crippen molar-refractivity contribution in [3.05, 3.63) is 0 Å². The van der Waals surface area contributed by atoms with Gasteiger partial charge in [-0.15, -0.1) is 0 Å². The van der Waals surface area contributed by atoms with E-state index in [0.717, 1.165) is 0 Å². The minimum atomic E-state index is -4.71. The van der Waals surface area contributed by atoms with Gasteiger partial charge < -0.3 is 4.79 Å². The Morgan fingerprint density at radius 3 is 1.82 bits per heavy atom. The Morgan fingerprint density at radius 1 is 1.27 bits per heavy atom. The zero-order valence-corrected chi connectivity index (χ0v) is 5.24. The van der Waals surface area contributed by atoms with Crippen molar-refractivity contribution in [1.29, 1.82) is 0 Å². The lowest BCUT2D eigenvalue weighted by Crippen LogP contribution is -2.21. The van der Waals surface area contributed by atoms with E-state index in [2.05, 4.69) is 0 Å². The highest BCUT2D eigenvalue weighted by Gasteiger charge is 2.35. The molecule has 0 amide bonds. The normalized spacial score (nSPS) is 15.1. The van der Waals surface area contributed by atoms with Gasteiger partial charge in [0.15, 0.2) is 0 Å². The number of alkyl halides is 5. The third-order valence-electron chi connectivity index (χ3n) is 0.966. The van der Waals surface area contributed by atoms with Gasteiger partial charge in [-0.25, -0.2) is 8.78 Å². The molecule has 0 aliphatic carbocycles. The molecule has 0 bridgehead atoms. The maximum atomic E-state index is 11.5. The fourth-order valence-electron chi connectivity index (χ4n) is 0.464. The standard InChI is InChI=1S/C5H5F5O/c6-4(7)3(2-11)1-5(8,9)10/h2-4H,1H2. The Morgan fingerprint density at radius 2 is 1.73 bits per heavy atom. The molecule has 1 nitrogen and oxygen atoms in total. The first-order chi connectivity index (χ1) is 4.87. The van der Waals surface area contributed by atoms with Crippen molar-refractivity contribution < 1.29 is 26.7 Å². The fourth-order valence-corrected chi connectivity index (χ4v) is 0.464. The number of rotatable bonds is 3. The predicted octanol–water partition coefficient (Wildman–Crippen LogP) is 2.02. The molecule has 0 rings (SSSR count). The van der Waals surface area contributed by atoms with Gasteiger partial charge in [0.2, 0.25) is 6.43 Å². The number of halogens is 5. The number of carbonyl (C=O) groups is 1. The average Bonchev–Trinajstić information content (AvgIpc) is 1.80. The van der Waals surface area contributed by atoms with Gasteiger partial charge in [0.25, 0.3) is 0 Å². The van der Waals surface area contributed by atoms with Gasteiger partial charge >= 0.3 is 6.18 Å². The molecule has 0 N–H and O–H groups in total. The van der Waals surface area contributed by atoms with Crippen molar-refractivity contribution in [1.82, 2.24) is 0 Å². The van der Waals surface area contributed by atoms with Crippen LogP contribution in [0, 0.1) is 5.92 Å². The summed E-state index contributed by atoms with van der Waals surface area (Å²) in [5.74, 6) is -2.23. The van der Waals surface area contributed by atoms with E-state index in [4.69, 9.17) is 0 Å². The largest absolute Gasteiger partial charge is 0.390 e. The number of aldehydes is 1. The summed E-state index contributed by atoms with van der Waals surface area (Å²) in [6.07, 6.45) is -10.1. The smallest absolute Gasteiger partial charge is 0.303 e. The van der Waals surface area contributed by atoms with Gasteiger partial charge in [-0.05, 0) is 0 Å². The van der Waals surface area contributed by atoms with Gasteiger partial charge in [0.1, 0.15) is 6.29 Å². The molecule has 11 heavy (non-hydrogen) atoms. The summed E-state index contributed by atoms with van der Waals surface area (Å²) in [6.45, 7) is 0. The quantitative estimate of drug-likeness (QED) is 0.474. The lowest BCUT2D eigenvalue weighted by Gasteiger charge is -2.10. The van der Waals surface area contributed by atoms with Crippen molar-refractivity contribution in [2.45, 2.75) is 19.0 Å². The van der Waals surface area contributed by atoms with Crippen LogP contribution in [-0.2, 0) is 4.79 Å². The van der Waals surface area contributed by atoms with Crippen LogP contribution in [0.1, 0.15) is 6.42 Å². The first kappa shape index (κ1) is 10.3. The molecule has 0 aliphatic heterocycles. The fraction of sp³-hybridized carbons (Fsp3) is 0.800. The van der Waals surface area contributed by atoms with Crippen LogP contribution in [0.4, 0.5) is 22.0 Å². The lowest BCUT2D eigenvalue weighted by atomic mass is 10.1. The van der Waals surface area contributed by atoms with Crippen LogP contribution >= 0.6 is 0 Å². The molecule has 0 aliphatic rings. The van der Waals surface area contributed by atoms with Crippen LogP contribution in [0.3, 0.4) is 0 Å². The molecule has 0 aromatic heterocycles. The predicted molar refractivity (Wildman–Crippen MR) is 26.2 cm³/mol. The third-order valence-corrected chi connectivity index (χ3v) is 0.966. The van der Waals surface area contributed by atoms with Crippen molar-refractivity contribution in [3.8, 4) is 0 Å². The molecule has 0 radical (unpaired) electrons. The molecule has 1 unspecified atom stereocenters. The highest BCUT2D eigenvalue weighted by Crippen LogP contribution is 2.26. The molecule has 1 atom stereocenters. The Hall–Kier alpha value is -0.680. The van der Waals surface area contributed by atoms with Crippen molar-refractivity contribution in [2.24, 2.45) is 5.92 Å². The Bertz CT molecular complexity index is 129. The van der Waals surface area contributed by atoms with E-state index < -0.39 is 24.9 Å². The molecule has 6 heteroatoms. The van der Waals surface area contributed by atoms with E-state index in [9.17, 15) is 26.7 Å². The minimum Gasteiger partial charge on any atom is -0.303 e. The van der Waals surface area contributed by atoms with Crippen LogP contribution in [0.5, 0.6) is 0 Å². The molecule has 0 aromatic rings. The van der Waals surface area contributed by atoms with Gasteiger partial charge in [0.05, 0.1) is 12.3 Å². The van der Waals surface area contributed by atoms with E-state index in [1.165, 1.54) is 0 Å². The minimum absolute atomic E-state index is 0.377. The zero-order valence-electron chi connectivity index (χ0n) is 5.24. The Labute approximate surface area is 59.2 Å². The van der Waals surface area contributed by atoms with Crippen LogP contribution in [-0.4, -0.2) is 18.9 Å². The summed E-state index contributed by atoms with van der Waals surface area (Å²) < 4.78 is 57.1. The van der Waals surface area contributed by atoms with Crippen LogP contribution in [0.15, 0.2) is 0 Å². The summed E-state index contributed by atoms with van der Waals surface area (Å²) in [4.78, 5) is 9.64. The number of hydrogen-bond donors (Lipinski definition) is 0. The second kappa shape index (κ2) is 3.64. The molecule has 0 spiro atoms. The zero-order chi connectivity index (χ0) is 9.07. The average molecular weight is 176 g/mol. The summed E-state index contributed by atoms with van der Waals surface area (Å²) in [7, 11) is 0. The molecule has 66 valence electrons. The van der Waals surface area contributed by atoms with Crippen molar-refractivity contribution in [2.75, 3.05) is 0 Å². The van der Waals surface area contributed by atoms with Gasteiger partial charge in [-0.3, -0.25) is 0 Å². The SMILES string of the molecule is O=CC(CC(F)(F)F)C(F)F. The Balaban J connectivity index is 3.99. The lowest BCUT2D eigenvalue weighted by molar-refractivity contribution is -0.158. The first-order valence-corrected chi connectivity index (χ1v) is 2.67. The molecular weight excluding hydrogens is 171 g/mol. The van der Waals surface area contributed by atoms with Gasteiger partial charge in [-0.2, -0.15) is 13.2 Å². The second-order valence-corrected chi connectivity index (χ2v) is 1.95. The highest BCUT2D eigenvalue weighted by atomic mass is 19.4. The van der Waals surface area contributed by atoms with E-state index in [1.807, 2.05) is 0 Å². The topological polar surface area (TPSA) is 17.1 Å². The van der Waals surface area contributed by atoms with E-state index in [-0.39, 0.29) is 6.29 Å². The first-order valence-electron chi connectivity index (χ1n) is 2.67. The summed E-state index contributed by atoms with van der Waals surface area (Å²) in [6, 6.07) is 0. The molecule has 0 fully saturated rings. The third kappa shape index (κ3) is 4.69. The van der Waals surface area contributed by atoms with E-state index >= 15 is 0 Å². The van der Waals surface area contributed by atoms with Crippen LogP contribution in [0.25, 0.3) is 0 Å². The van der Waals surface area contributed by atoms with E-state index in [1.54, 1.807) is 0 Å². The summed E-state index contributed by atoms with van der Waals surface area (Å²) in [5.41, 5.74) is 0. The van der Waals surface area contributed by atoms with Gasteiger partial charge in [-0.1, -0.05) is 0 Å². The van der Waals surface area contributed by atoms with Crippen LogP contribution in [0.2, 0.25) is 0 Å². The molecular formula is C5H5F5O. The van der Waals surface area contributed by atoms with Crippen LogP contribution < -0.4 is 0 Å². The number of hydrogen-bond acceptors (Lipinski definition) is 1. The van der Waals surface area contributed by atoms with Gasteiger partial charge in [0, 0.05) is 0 Å². The highest BCUT2D eigenvalue weighted by molar-refractivity contribution is 5.54. The molecule has 0 saturated heterocycles.